The van der Waals surface area contributed by atoms with Gasteiger partial charge in [0.15, 0.2) is 0 Å². The van der Waals surface area contributed by atoms with E-state index in [1.807, 2.05) is 50.2 Å². The third kappa shape index (κ3) is 5.73. The maximum Gasteiger partial charge on any atom is 0.318 e. The van der Waals surface area contributed by atoms with Crippen molar-refractivity contribution in [2.24, 2.45) is 0 Å². The van der Waals surface area contributed by atoms with Crippen LogP contribution in [0.15, 0.2) is 42.6 Å². The van der Waals surface area contributed by atoms with Crippen LogP contribution in [-0.2, 0) is 11.3 Å². The van der Waals surface area contributed by atoms with E-state index in [1.54, 1.807) is 18.2 Å². The molecule has 0 fully saturated rings. The van der Waals surface area contributed by atoms with Crippen LogP contribution in [0.3, 0.4) is 0 Å². The average Bonchev–Trinajstić information content (AvgIpc) is 2.60. The van der Waals surface area contributed by atoms with E-state index in [2.05, 4.69) is 10.3 Å². The number of hydrogen-bond donors (Lipinski definition) is 1. The molecule has 1 atom stereocenters. The van der Waals surface area contributed by atoms with Gasteiger partial charge in [-0.15, -0.1) is 0 Å². The van der Waals surface area contributed by atoms with E-state index < -0.39 is 0 Å². The Morgan fingerprint density at radius 3 is 2.72 bits per heavy atom. The van der Waals surface area contributed by atoms with Crippen LogP contribution in [0.2, 0.25) is 5.02 Å². The second kappa shape index (κ2) is 9.39. The summed E-state index contributed by atoms with van der Waals surface area (Å²) in [6.45, 7) is 5.23. The molecular weight excluding hydrogens is 338 g/mol. The van der Waals surface area contributed by atoms with Crippen LogP contribution in [0, 0.1) is 6.92 Å². The molecule has 1 aromatic carbocycles. The molecule has 0 saturated heterocycles. The van der Waals surface area contributed by atoms with Crippen molar-refractivity contribution in [1.29, 1.82) is 0 Å². The minimum atomic E-state index is -0.162. The molecule has 1 unspecified atom stereocenters. The Kier molecular flexibility index (Phi) is 7.22. The van der Waals surface area contributed by atoms with Gasteiger partial charge in [-0.25, -0.2) is 4.79 Å². The first-order valence-electron chi connectivity index (χ1n) is 8.21. The number of carbonyl (C=O) groups excluding carboxylic acids is 1. The fourth-order valence-corrected chi connectivity index (χ4v) is 2.58. The first kappa shape index (κ1) is 19.2. The van der Waals surface area contributed by atoms with Gasteiger partial charge in [0.25, 0.3) is 0 Å². The lowest BCUT2D eigenvalue weighted by molar-refractivity contribution is 0.145. The molecule has 0 spiro atoms. The van der Waals surface area contributed by atoms with Gasteiger partial charge in [-0.1, -0.05) is 35.9 Å². The second-order valence-corrected chi connectivity index (χ2v) is 6.32. The molecule has 5 nitrogen and oxygen atoms in total. The van der Waals surface area contributed by atoms with Crippen molar-refractivity contribution in [2.75, 3.05) is 20.3 Å². The Morgan fingerprint density at radius 2 is 2.08 bits per heavy atom. The molecule has 134 valence electrons. The molecule has 2 amide bonds. The van der Waals surface area contributed by atoms with Gasteiger partial charge >= 0.3 is 6.03 Å². The maximum absolute atomic E-state index is 12.7. The molecule has 0 aliphatic heterocycles. The third-order valence-corrected chi connectivity index (χ3v) is 4.31. The van der Waals surface area contributed by atoms with Gasteiger partial charge in [-0.3, -0.25) is 4.98 Å². The van der Waals surface area contributed by atoms with Crippen molar-refractivity contribution in [3.63, 3.8) is 0 Å². The quantitative estimate of drug-likeness (QED) is 0.812. The van der Waals surface area contributed by atoms with Gasteiger partial charge in [0.2, 0.25) is 0 Å². The predicted octanol–water partition coefficient (Wildman–Crippen LogP) is 3.96. The molecule has 0 aliphatic rings. The minimum absolute atomic E-state index is 0.142. The highest BCUT2D eigenvalue weighted by Gasteiger charge is 2.18. The first-order valence-corrected chi connectivity index (χ1v) is 8.59. The number of aryl methyl sites for hydroxylation is 1. The van der Waals surface area contributed by atoms with Crippen molar-refractivity contribution >= 4 is 17.6 Å². The van der Waals surface area contributed by atoms with E-state index in [9.17, 15) is 4.79 Å². The molecule has 6 heteroatoms. The number of halogens is 1. The molecule has 0 bridgehead atoms. The SMILES string of the molecule is COCCN(Cc1ccccc1Cl)C(=O)NC(C)c1ccc(C)nc1. The number of benzene rings is 1. The number of aromatic nitrogens is 1. The lowest BCUT2D eigenvalue weighted by Gasteiger charge is -2.25. The molecule has 2 rings (SSSR count). The zero-order chi connectivity index (χ0) is 18.2. The molecule has 25 heavy (non-hydrogen) atoms. The number of nitrogens with zero attached hydrogens (tertiary/aromatic N) is 2. The van der Waals surface area contributed by atoms with Crippen molar-refractivity contribution in [3.05, 3.63) is 64.4 Å². The normalized spacial score (nSPS) is 11.8. The zero-order valence-electron chi connectivity index (χ0n) is 14.8. The molecule has 1 aromatic heterocycles. The number of methoxy groups -OCH3 is 1. The smallest absolute Gasteiger partial charge is 0.318 e. The van der Waals surface area contributed by atoms with E-state index >= 15 is 0 Å². The van der Waals surface area contributed by atoms with E-state index in [-0.39, 0.29) is 12.1 Å². The topological polar surface area (TPSA) is 54.5 Å². The summed E-state index contributed by atoms with van der Waals surface area (Å²) < 4.78 is 5.13. The third-order valence-electron chi connectivity index (χ3n) is 3.95. The number of hydrogen-bond acceptors (Lipinski definition) is 3. The van der Waals surface area contributed by atoms with Crippen molar-refractivity contribution in [2.45, 2.75) is 26.4 Å². The summed E-state index contributed by atoms with van der Waals surface area (Å²) in [6.07, 6.45) is 1.79. The van der Waals surface area contributed by atoms with Gasteiger partial charge in [-0.2, -0.15) is 0 Å². The van der Waals surface area contributed by atoms with Gasteiger partial charge in [-0.05, 0) is 37.1 Å². The zero-order valence-corrected chi connectivity index (χ0v) is 15.6. The average molecular weight is 362 g/mol. The summed E-state index contributed by atoms with van der Waals surface area (Å²) in [5, 5.41) is 3.66. The Hall–Kier alpha value is -2.11. The number of pyridine rings is 1. The van der Waals surface area contributed by atoms with Crippen molar-refractivity contribution < 1.29 is 9.53 Å². The Morgan fingerprint density at radius 1 is 1.32 bits per heavy atom. The van der Waals surface area contributed by atoms with Crippen LogP contribution in [-0.4, -0.2) is 36.2 Å². The summed E-state index contributed by atoms with van der Waals surface area (Å²) >= 11 is 6.23. The molecular formula is C19H24ClN3O2. The van der Waals surface area contributed by atoms with Gasteiger partial charge in [0.05, 0.1) is 12.6 Å². The first-order chi connectivity index (χ1) is 12.0. The number of rotatable bonds is 7. The second-order valence-electron chi connectivity index (χ2n) is 5.91. The monoisotopic (exact) mass is 361 g/mol. The fourth-order valence-electron chi connectivity index (χ4n) is 2.38. The largest absolute Gasteiger partial charge is 0.383 e. The van der Waals surface area contributed by atoms with Crippen LogP contribution in [0.5, 0.6) is 0 Å². The molecule has 2 aromatic rings. The highest BCUT2D eigenvalue weighted by Crippen LogP contribution is 2.18. The maximum atomic E-state index is 12.7. The Balaban J connectivity index is 2.06. The van der Waals surface area contributed by atoms with Crippen LogP contribution < -0.4 is 5.32 Å². The number of urea groups is 1. The van der Waals surface area contributed by atoms with Gasteiger partial charge in [0.1, 0.15) is 0 Å². The number of amides is 2. The lowest BCUT2D eigenvalue weighted by Crippen LogP contribution is -2.42. The number of ether oxygens (including phenoxy) is 1. The minimum Gasteiger partial charge on any atom is -0.383 e. The summed E-state index contributed by atoms with van der Waals surface area (Å²) in [7, 11) is 1.62. The summed E-state index contributed by atoms with van der Waals surface area (Å²) in [5.74, 6) is 0. The summed E-state index contributed by atoms with van der Waals surface area (Å²) in [4.78, 5) is 18.7. The predicted molar refractivity (Wildman–Crippen MR) is 99.7 cm³/mol. The van der Waals surface area contributed by atoms with Crippen molar-refractivity contribution in [3.8, 4) is 0 Å². The van der Waals surface area contributed by atoms with E-state index in [0.717, 1.165) is 16.8 Å². The number of carbonyl (C=O) groups is 1. The molecule has 0 aliphatic carbocycles. The van der Waals surface area contributed by atoms with Crippen molar-refractivity contribution in [1.82, 2.24) is 15.2 Å². The van der Waals surface area contributed by atoms with E-state index in [0.29, 0.717) is 24.7 Å². The highest BCUT2D eigenvalue weighted by atomic mass is 35.5. The van der Waals surface area contributed by atoms with Gasteiger partial charge in [0, 0.05) is 37.1 Å². The van der Waals surface area contributed by atoms with Crippen LogP contribution in [0.1, 0.15) is 29.8 Å². The highest BCUT2D eigenvalue weighted by molar-refractivity contribution is 6.31. The summed E-state index contributed by atoms with van der Waals surface area (Å²) in [5.41, 5.74) is 2.81. The van der Waals surface area contributed by atoms with Gasteiger partial charge < -0.3 is 15.0 Å². The molecule has 1 heterocycles. The van der Waals surface area contributed by atoms with E-state index in [1.165, 1.54) is 0 Å². The summed E-state index contributed by atoms with van der Waals surface area (Å²) in [6, 6.07) is 11.1. The Labute approximate surface area is 154 Å². The standard InChI is InChI=1S/C19H24ClN3O2/c1-14-8-9-16(12-21-14)15(2)22-19(24)23(10-11-25-3)13-17-6-4-5-7-18(17)20/h4-9,12,15H,10-11,13H2,1-3H3,(H,22,24). The lowest BCUT2D eigenvalue weighted by atomic mass is 10.1. The van der Waals surface area contributed by atoms with Crippen LogP contribution in [0.25, 0.3) is 0 Å². The van der Waals surface area contributed by atoms with Crippen LogP contribution >= 0.6 is 11.6 Å². The Bertz CT molecular complexity index is 691. The molecule has 0 saturated carbocycles. The number of nitrogens with one attached hydrogen (secondary N) is 1. The molecule has 0 radical (unpaired) electrons. The molecule has 1 N–H and O–H groups in total. The van der Waals surface area contributed by atoms with Crippen LogP contribution in [0.4, 0.5) is 4.79 Å². The fraction of sp³-hybridized carbons (Fsp3) is 0.368. The van der Waals surface area contributed by atoms with E-state index in [4.69, 9.17) is 16.3 Å².